The van der Waals surface area contributed by atoms with Crippen LogP contribution in [0.1, 0.15) is 67.4 Å². The molecular weight excluding hydrogens is 615 g/mol. The number of carboxylic acids is 1. The standard InChI is InChI=1S/C33H47N2O10P/c1-22(42-30(39)32(3,4)5)44-46(41,45-23(2)43-31(40)33(6,7)8)21-35-27(29(38)34-19-18-28(36)37)20-24-14-16-26(17-15-24)25-12-10-9-11-13-25/h9-17,22-23,27,35H,18-21H2,1-8H3,(H,34,38)(H,36,37). The Kier molecular flexibility index (Phi) is 14.1. The van der Waals surface area contributed by atoms with Crippen LogP contribution in [-0.4, -0.2) is 60.4 Å². The summed E-state index contributed by atoms with van der Waals surface area (Å²) in [6.07, 6.45) is -3.34. The van der Waals surface area contributed by atoms with Gasteiger partial charge in [0, 0.05) is 6.54 Å². The van der Waals surface area contributed by atoms with Gasteiger partial charge in [-0.05, 0) is 78.5 Å². The second-order valence-corrected chi connectivity index (χ2v) is 14.8. The Morgan fingerprint density at radius 3 is 1.72 bits per heavy atom. The van der Waals surface area contributed by atoms with E-state index in [0.29, 0.717) is 0 Å². The average Bonchev–Trinajstić information content (AvgIpc) is 2.94. The third-order valence-corrected chi connectivity index (χ3v) is 8.18. The normalized spacial score (nSPS) is 15.1. The molecule has 12 nitrogen and oxygen atoms in total. The molecule has 254 valence electrons. The van der Waals surface area contributed by atoms with Gasteiger partial charge in [-0.3, -0.25) is 38.1 Å². The lowest BCUT2D eigenvalue weighted by atomic mass is 9.97. The minimum Gasteiger partial charge on any atom is -0.481 e. The van der Waals surface area contributed by atoms with Crippen LogP contribution in [0, 0.1) is 10.8 Å². The number of nitrogens with one attached hydrogen (secondary N) is 2. The van der Waals surface area contributed by atoms with Crippen molar-refractivity contribution in [2.75, 3.05) is 12.8 Å². The van der Waals surface area contributed by atoms with Crippen molar-refractivity contribution in [1.82, 2.24) is 10.6 Å². The summed E-state index contributed by atoms with van der Waals surface area (Å²) in [5.41, 5.74) is 1.02. The lowest BCUT2D eigenvalue weighted by Crippen LogP contribution is -2.46. The summed E-state index contributed by atoms with van der Waals surface area (Å²) in [5.74, 6) is -2.84. The zero-order chi connectivity index (χ0) is 34.7. The lowest BCUT2D eigenvalue weighted by molar-refractivity contribution is -0.176. The van der Waals surface area contributed by atoms with Crippen LogP contribution in [0.25, 0.3) is 11.1 Å². The molecule has 2 aromatic carbocycles. The Labute approximate surface area is 271 Å². The van der Waals surface area contributed by atoms with Crippen molar-refractivity contribution in [2.24, 2.45) is 10.8 Å². The number of rotatable bonds is 16. The predicted molar refractivity (Wildman–Crippen MR) is 172 cm³/mol. The summed E-state index contributed by atoms with van der Waals surface area (Å²) < 4.78 is 36.0. The minimum atomic E-state index is -4.28. The van der Waals surface area contributed by atoms with Crippen molar-refractivity contribution < 1.29 is 47.4 Å². The minimum absolute atomic E-state index is 0.121. The largest absolute Gasteiger partial charge is 0.481 e. The summed E-state index contributed by atoms with van der Waals surface area (Å²) in [5, 5.41) is 14.5. The lowest BCUT2D eigenvalue weighted by Gasteiger charge is -2.29. The second-order valence-electron chi connectivity index (χ2n) is 12.9. The van der Waals surface area contributed by atoms with E-state index < -0.39 is 67.1 Å². The Bertz CT molecular complexity index is 1330. The number of hydrogen-bond donors (Lipinski definition) is 3. The number of amides is 1. The fourth-order valence-electron chi connectivity index (χ4n) is 3.84. The molecule has 0 radical (unpaired) electrons. The Morgan fingerprint density at radius 2 is 1.26 bits per heavy atom. The van der Waals surface area contributed by atoms with Gasteiger partial charge in [-0.15, -0.1) is 0 Å². The molecule has 0 saturated heterocycles. The fraction of sp³-hybridized carbons (Fsp3) is 0.515. The average molecular weight is 663 g/mol. The van der Waals surface area contributed by atoms with Gasteiger partial charge in [0.25, 0.3) is 0 Å². The molecule has 0 aliphatic rings. The smallest absolute Gasteiger partial charge is 0.350 e. The van der Waals surface area contributed by atoms with Gasteiger partial charge in [-0.25, -0.2) is 0 Å². The number of ether oxygens (including phenoxy) is 2. The highest BCUT2D eigenvalue weighted by Crippen LogP contribution is 2.50. The van der Waals surface area contributed by atoms with Gasteiger partial charge in [0.05, 0.1) is 29.6 Å². The molecule has 0 heterocycles. The molecule has 0 saturated carbocycles. The van der Waals surface area contributed by atoms with Crippen molar-refractivity contribution in [3.8, 4) is 11.1 Å². The molecule has 2 aromatic rings. The molecule has 0 aromatic heterocycles. The molecule has 13 heteroatoms. The van der Waals surface area contributed by atoms with Gasteiger partial charge in [0.2, 0.25) is 18.5 Å². The summed E-state index contributed by atoms with van der Waals surface area (Å²) in [4.78, 5) is 49.1. The van der Waals surface area contributed by atoms with Crippen LogP contribution in [0.4, 0.5) is 0 Å². The first-order chi connectivity index (χ1) is 21.3. The highest BCUT2D eigenvalue weighted by atomic mass is 31.2. The molecule has 1 amide bonds. The highest BCUT2D eigenvalue weighted by Gasteiger charge is 2.36. The number of carboxylic acid groups (broad SMARTS) is 1. The Morgan fingerprint density at radius 1 is 0.783 bits per heavy atom. The van der Waals surface area contributed by atoms with Gasteiger partial charge in [-0.2, -0.15) is 0 Å². The first-order valence-electron chi connectivity index (χ1n) is 15.0. The van der Waals surface area contributed by atoms with E-state index in [1.165, 1.54) is 13.8 Å². The molecular formula is C33H47N2O10P. The Hall–Kier alpha value is -3.57. The van der Waals surface area contributed by atoms with E-state index >= 15 is 0 Å². The summed E-state index contributed by atoms with van der Waals surface area (Å²) in [6, 6.07) is 16.3. The van der Waals surface area contributed by atoms with Crippen LogP contribution in [0.2, 0.25) is 0 Å². The van der Waals surface area contributed by atoms with Gasteiger partial charge >= 0.3 is 25.5 Å². The monoisotopic (exact) mass is 662 g/mol. The van der Waals surface area contributed by atoms with Crippen LogP contribution in [0.15, 0.2) is 54.6 Å². The highest BCUT2D eigenvalue weighted by molar-refractivity contribution is 7.53. The number of aliphatic carboxylic acids is 1. The second kappa shape index (κ2) is 16.8. The zero-order valence-corrected chi connectivity index (χ0v) is 28.7. The summed E-state index contributed by atoms with van der Waals surface area (Å²) in [7, 11) is -4.28. The number of esters is 2. The van der Waals surface area contributed by atoms with Crippen molar-refractivity contribution in [1.29, 1.82) is 0 Å². The molecule has 0 aliphatic heterocycles. The maximum atomic E-state index is 14.1. The number of benzene rings is 2. The molecule has 0 bridgehead atoms. The van der Waals surface area contributed by atoms with E-state index in [9.17, 15) is 23.7 Å². The summed E-state index contributed by atoms with van der Waals surface area (Å²) in [6.45, 7) is 12.5. The van der Waals surface area contributed by atoms with Crippen LogP contribution < -0.4 is 10.6 Å². The van der Waals surface area contributed by atoms with Crippen LogP contribution in [-0.2, 0) is 48.7 Å². The number of carbonyl (C=O) groups is 4. The van der Waals surface area contributed by atoms with E-state index in [1.54, 1.807) is 41.5 Å². The SMILES string of the molecule is CC(OC(=O)C(C)(C)C)OP(=O)(CNC(Cc1ccc(-c2ccccc2)cc1)C(=O)NCCC(=O)O)OC(C)OC(=O)C(C)(C)C. The van der Waals surface area contributed by atoms with Crippen LogP contribution in [0.3, 0.4) is 0 Å². The Balaban J connectivity index is 2.30. The van der Waals surface area contributed by atoms with E-state index in [0.717, 1.165) is 16.7 Å². The maximum Gasteiger partial charge on any atom is 0.350 e. The van der Waals surface area contributed by atoms with Crippen molar-refractivity contribution >= 4 is 31.4 Å². The van der Waals surface area contributed by atoms with E-state index in [-0.39, 0.29) is 19.4 Å². The molecule has 3 unspecified atom stereocenters. The molecule has 2 rings (SSSR count). The topological polar surface area (TPSA) is 167 Å². The van der Waals surface area contributed by atoms with Gasteiger partial charge in [0.1, 0.15) is 0 Å². The van der Waals surface area contributed by atoms with E-state index in [2.05, 4.69) is 10.6 Å². The molecule has 0 fully saturated rings. The predicted octanol–water partition coefficient (Wildman–Crippen LogP) is 5.50. The number of carbonyl (C=O) groups excluding carboxylic acids is 3. The number of hydrogen-bond acceptors (Lipinski definition) is 10. The maximum absolute atomic E-state index is 14.1. The first-order valence-corrected chi connectivity index (χ1v) is 16.8. The third-order valence-electron chi connectivity index (χ3n) is 6.38. The molecule has 0 spiro atoms. The van der Waals surface area contributed by atoms with Crippen LogP contribution >= 0.6 is 7.60 Å². The molecule has 3 N–H and O–H groups in total. The zero-order valence-electron chi connectivity index (χ0n) is 27.8. The van der Waals surface area contributed by atoms with Crippen LogP contribution in [0.5, 0.6) is 0 Å². The first kappa shape index (κ1) is 38.6. The molecule has 46 heavy (non-hydrogen) atoms. The van der Waals surface area contributed by atoms with E-state index in [4.69, 9.17) is 23.6 Å². The molecule has 0 aliphatic carbocycles. The quantitative estimate of drug-likeness (QED) is 0.118. The van der Waals surface area contributed by atoms with Gasteiger partial charge < -0.3 is 19.9 Å². The third kappa shape index (κ3) is 13.4. The molecule has 3 atom stereocenters. The van der Waals surface area contributed by atoms with E-state index in [1.807, 2.05) is 54.6 Å². The fourth-order valence-corrected chi connectivity index (χ4v) is 5.48. The van der Waals surface area contributed by atoms with Crippen molar-refractivity contribution in [3.05, 3.63) is 60.2 Å². The van der Waals surface area contributed by atoms with Crippen molar-refractivity contribution in [2.45, 2.75) is 86.9 Å². The van der Waals surface area contributed by atoms with Gasteiger partial charge in [0.15, 0.2) is 0 Å². The van der Waals surface area contributed by atoms with Crippen molar-refractivity contribution in [3.63, 3.8) is 0 Å². The van der Waals surface area contributed by atoms with Gasteiger partial charge in [-0.1, -0.05) is 54.6 Å². The summed E-state index contributed by atoms with van der Waals surface area (Å²) >= 11 is 0.